The number of anilines is 1. The summed E-state index contributed by atoms with van der Waals surface area (Å²) in [5, 5.41) is 2.34. The van der Waals surface area contributed by atoms with Gasteiger partial charge in [0.2, 0.25) is 0 Å². The zero-order chi connectivity index (χ0) is 27.7. The Kier molecular flexibility index (Phi) is 7.11. The van der Waals surface area contributed by atoms with Crippen LogP contribution in [-0.4, -0.2) is 16.9 Å². The summed E-state index contributed by atoms with van der Waals surface area (Å²) in [6.07, 6.45) is -3.46. The minimum atomic E-state index is -4.62. The molecule has 5 rings (SSSR count). The predicted octanol–water partition coefficient (Wildman–Crippen LogP) is 7.35. The molecule has 0 aliphatic carbocycles. The molecular weight excluding hydrogens is 597 g/mol. The van der Waals surface area contributed by atoms with Crippen molar-refractivity contribution in [1.82, 2.24) is 5.32 Å². The van der Waals surface area contributed by atoms with Crippen LogP contribution < -0.4 is 15.0 Å². The van der Waals surface area contributed by atoms with E-state index < -0.39 is 23.6 Å². The summed E-state index contributed by atoms with van der Waals surface area (Å²) in [5.74, 6) is -0.392. The zero-order valence-corrected chi connectivity index (χ0v) is 22.1. The van der Waals surface area contributed by atoms with Gasteiger partial charge in [0.25, 0.3) is 11.8 Å². The quantitative estimate of drug-likeness (QED) is 0.145. The lowest BCUT2D eigenvalue weighted by Crippen LogP contribution is -2.54. The van der Waals surface area contributed by atoms with Crippen molar-refractivity contribution in [2.24, 2.45) is 0 Å². The molecule has 1 aliphatic rings. The van der Waals surface area contributed by atoms with Crippen molar-refractivity contribution in [3.05, 3.63) is 106 Å². The minimum Gasteiger partial charge on any atom is -0.457 e. The van der Waals surface area contributed by atoms with E-state index in [0.717, 1.165) is 17.0 Å². The fourth-order valence-corrected chi connectivity index (χ4v) is 4.51. The Hall–Kier alpha value is -4.22. The number of hydrogen-bond acceptors (Lipinski definition) is 5. The summed E-state index contributed by atoms with van der Waals surface area (Å²) in [5.41, 5.74) is -1.01. The average molecular weight is 613 g/mol. The predicted molar refractivity (Wildman–Crippen MR) is 146 cm³/mol. The molecule has 0 spiro atoms. The molecule has 0 atom stereocenters. The van der Waals surface area contributed by atoms with Crippen LogP contribution in [0.2, 0.25) is 0 Å². The van der Waals surface area contributed by atoms with Gasteiger partial charge in [-0.05, 0) is 85.0 Å². The van der Waals surface area contributed by atoms with Crippen molar-refractivity contribution in [2.45, 2.75) is 6.18 Å². The first-order chi connectivity index (χ1) is 18.6. The van der Waals surface area contributed by atoms with E-state index in [4.69, 9.17) is 21.4 Å². The number of thiocarbonyl (C=S) groups is 1. The SMILES string of the molecule is O=C1NC(=S)N(c2ccc(Oc3ccccc3)cc2)C(=O)C1=Cc1ccc(-c2ccc(Br)cc2C(F)(F)F)o1. The van der Waals surface area contributed by atoms with E-state index in [-0.39, 0.29) is 32.2 Å². The maximum absolute atomic E-state index is 13.6. The number of benzene rings is 3. The smallest absolute Gasteiger partial charge is 0.417 e. The number of carbonyl (C=O) groups excluding carboxylic acids is 2. The maximum atomic E-state index is 13.6. The number of carbonyl (C=O) groups is 2. The fraction of sp³-hybridized carbons (Fsp3) is 0.0357. The van der Waals surface area contributed by atoms with Crippen LogP contribution in [0.3, 0.4) is 0 Å². The summed E-state index contributed by atoms with van der Waals surface area (Å²) in [4.78, 5) is 27.1. The van der Waals surface area contributed by atoms with E-state index in [9.17, 15) is 22.8 Å². The highest BCUT2D eigenvalue weighted by Crippen LogP contribution is 2.39. The molecule has 1 fully saturated rings. The molecule has 1 aromatic heterocycles. The van der Waals surface area contributed by atoms with Crippen LogP contribution in [0.4, 0.5) is 18.9 Å². The summed E-state index contributed by atoms with van der Waals surface area (Å²) in [7, 11) is 0. The summed E-state index contributed by atoms with van der Waals surface area (Å²) >= 11 is 8.28. The van der Waals surface area contributed by atoms with Gasteiger partial charge in [-0.25, -0.2) is 0 Å². The Bertz CT molecular complexity index is 1620. The molecule has 0 radical (unpaired) electrons. The molecule has 6 nitrogen and oxygen atoms in total. The molecule has 2 amide bonds. The third-order valence-corrected chi connectivity index (χ3v) is 6.42. The average Bonchev–Trinajstić information content (AvgIpc) is 3.36. The van der Waals surface area contributed by atoms with Crippen LogP contribution in [0, 0.1) is 0 Å². The minimum absolute atomic E-state index is 0.0129. The number of halogens is 4. The number of rotatable bonds is 5. The molecule has 4 aromatic rings. The van der Waals surface area contributed by atoms with Gasteiger partial charge in [0.15, 0.2) is 5.11 Å². The van der Waals surface area contributed by atoms with E-state index in [1.165, 1.54) is 24.3 Å². The van der Waals surface area contributed by atoms with Crippen molar-refractivity contribution in [2.75, 3.05) is 4.90 Å². The second-order valence-corrected chi connectivity index (χ2v) is 9.56. The van der Waals surface area contributed by atoms with E-state index >= 15 is 0 Å². The first-order valence-corrected chi connectivity index (χ1v) is 12.5. The van der Waals surface area contributed by atoms with Gasteiger partial charge < -0.3 is 9.15 Å². The maximum Gasteiger partial charge on any atom is 0.417 e. The number of hydrogen-bond donors (Lipinski definition) is 1. The largest absolute Gasteiger partial charge is 0.457 e. The Morgan fingerprint density at radius 3 is 2.31 bits per heavy atom. The Labute approximate surface area is 233 Å². The molecule has 1 saturated heterocycles. The normalized spacial score (nSPS) is 15.0. The molecule has 2 heterocycles. The zero-order valence-electron chi connectivity index (χ0n) is 19.7. The second kappa shape index (κ2) is 10.5. The van der Waals surface area contributed by atoms with Gasteiger partial charge in [-0.1, -0.05) is 34.1 Å². The number of para-hydroxylation sites is 1. The van der Waals surface area contributed by atoms with Crippen molar-refractivity contribution in [1.29, 1.82) is 0 Å². The number of amides is 2. The highest BCUT2D eigenvalue weighted by molar-refractivity contribution is 9.10. The third kappa shape index (κ3) is 5.64. The van der Waals surface area contributed by atoms with Crippen LogP contribution in [0.15, 0.2) is 99.4 Å². The van der Waals surface area contributed by atoms with E-state index in [1.807, 2.05) is 18.2 Å². The van der Waals surface area contributed by atoms with Gasteiger partial charge in [-0.3, -0.25) is 19.8 Å². The van der Waals surface area contributed by atoms with E-state index in [2.05, 4.69) is 21.2 Å². The standard InChI is InChI=1S/C28H16BrF3N2O4S/c29-16-6-12-21(23(14-16)28(30,31)32)24-13-11-20(38-24)15-22-25(35)33-27(39)34(26(22)36)17-7-9-19(10-8-17)37-18-4-2-1-3-5-18/h1-15H,(H,33,35,39). The van der Waals surface area contributed by atoms with Gasteiger partial charge in [0.05, 0.1) is 11.3 Å². The Morgan fingerprint density at radius 2 is 1.62 bits per heavy atom. The van der Waals surface area contributed by atoms with Crippen LogP contribution in [0.5, 0.6) is 11.5 Å². The van der Waals surface area contributed by atoms with Crippen molar-refractivity contribution in [3.8, 4) is 22.8 Å². The Morgan fingerprint density at radius 1 is 0.923 bits per heavy atom. The van der Waals surface area contributed by atoms with Crippen LogP contribution in [0.25, 0.3) is 17.4 Å². The van der Waals surface area contributed by atoms with Gasteiger partial charge in [0, 0.05) is 10.0 Å². The van der Waals surface area contributed by atoms with Gasteiger partial charge in [0.1, 0.15) is 28.6 Å². The fourth-order valence-electron chi connectivity index (χ4n) is 3.86. The number of nitrogens with zero attached hydrogens (tertiary/aromatic N) is 1. The number of alkyl halides is 3. The van der Waals surface area contributed by atoms with E-state index in [1.54, 1.807) is 36.4 Å². The lowest BCUT2D eigenvalue weighted by atomic mass is 10.1. The highest BCUT2D eigenvalue weighted by Gasteiger charge is 2.36. The number of ether oxygens (including phenoxy) is 1. The highest BCUT2D eigenvalue weighted by atomic mass is 79.9. The summed E-state index contributed by atoms with van der Waals surface area (Å²) < 4.78 is 52.3. The summed E-state index contributed by atoms with van der Waals surface area (Å²) in [6, 6.07) is 22.0. The molecule has 39 heavy (non-hydrogen) atoms. The molecule has 0 bridgehead atoms. The van der Waals surface area contributed by atoms with Gasteiger partial charge in [-0.2, -0.15) is 13.2 Å². The molecule has 1 aliphatic heterocycles. The summed E-state index contributed by atoms with van der Waals surface area (Å²) in [6.45, 7) is 0. The van der Waals surface area contributed by atoms with Crippen LogP contribution in [-0.2, 0) is 15.8 Å². The number of furan rings is 1. The lowest BCUT2D eigenvalue weighted by molar-refractivity contribution is -0.137. The van der Waals surface area contributed by atoms with Gasteiger partial charge in [-0.15, -0.1) is 0 Å². The first kappa shape index (κ1) is 26.4. The lowest BCUT2D eigenvalue weighted by Gasteiger charge is -2.28. The molecule has 0 saturated carbocycles. The topological polar surface area (TPSA) is 71.8 Å². The number of nitrogens with one attached hydrogen (secondary N) is 1. The third-order valence-electron chi connectivity index (χ3n) is 5.64. The molecule has 11 heteroatoms. The first-order valence-electron chi connectivity index (χ1n) is 11.3. The molecular formula is C28H16BrF3N2O4S. The molecule has 1 N–H and O–H groups in total. The van der Waals surface area contributed by atoms with Crippen LogP contribution >= 0.6 is 28.1 Å². The van der Waals surface area contributed by atoms with Crippen LogP contribution in [0.1, 0.15) is 11.3 Å². The van der Waals surface area contributed by atoms with Crippen molar-refractivity contribution < 1.29 is 31.9 Å². The van der Waals surface area contributed by atoms with E-state index in [0.29, 0.717) is 17.2 Å². The Balaban J connectivity index is 1.42. The molecule has 196 valence electrons. The second-order valence-electron chi connectivity index (χ2n) is 8.26. The van der Waals surface area contributed by atoms with Crippen molar-refractivity contribution >= 4 is 56.8 Å². The molecule has 3 aromatic carbocycles. The monoisotopic (exact) mass is 612 g/mol. The van der Waals surface area contributed by atoms with Crippen molar-refractivity contribution in [3.63, 3.8) is 0 Å². The molecule has 0 unspecified atom stereocenters. The van der Waals surface area contributed by atoms with Gasteiger partial charge >= 0.3 is 6.18 Å².